The third-order valence-corrected chi connectivity index (χ3v) is 3.00. The molecular formula is C14H13BrO2. The molecule has 0 aliphatic rings. The summed E-state index contributed by atoms with van der Waals surface area (Å²) in [6.45, 7) is 0. The molecule has 0 aliphatic heterocycles. The number of ether oxygens (including phenoxy) is 2. The first-order valence-electron chi connectivity index (χ1n) is 5.28. The van der Waals surface area contributed by atoms with E-state index in [0.717, 1.165) is 22.6 Å². The smallest absolute Gasteiger partial charge is 0.131 e. The summed E-state index contributed by atoms with van der Waals surface area (Å²) in [5.41, 5.74) is 1.22. The normalized spacial score (nSPS) is 10.0. The SMILES string of the molecule is COc1cccc(Oc2ccc(CBr)cc2)c1. The van der Waals surface area contributed by atoms with Crippen LogP contribution in [0.4, 0.5) is 0 Å². The summed E-state index contributed by atoms with van der Waals surface area (Å²) >= 11 is 3.41. The Balaban J connectivity index is 2.13. The molecule has 0 atom stereocenters. The molecule has 0 bridgehead atoms. The van der Waals surface area contributed by atoms with Gasteiger partial charge in [-0.3, -0.25) is 0 Å². The van der Waals surface area contributed by atoms with Crippen LogP contribution < -0.4 is 9.47 Å². The van der Waals surface area contributed by atoms with Gasteiger partial charge in [0.1, 0.15) is 17.2 Å². The van der Waals surface area contributed by atoms with Gasteiger partial charge in [0.2, 0.25) is 0 Å². The topological polar surface area (TPSA) is 18.5 Å². The van der Waals surface area contributed by atoms with Crippen molar-refractivity contribution in [1.29, 1.82) is 0 Å². The number of benzene rings is 2. The quantitative estimate of drug-likeness (QED) is 0.779. The van der Waals surface area contributed by atoms with E-state index in [2.05, 4.69) is 15.9 Å². The molecule has 0 saturated carbocycles. The Morgan fingerprint density at radius 1 is 0.941 bits per heavy atom. The lowest BCUT2D eigenvalue weighted by Gasteiger charge is -2.07. The maximum atomic E-state index is 5.73. The van der Waals surface area contributed by atoms with Gasteiger partial charge in [0.05, 0.1) is 7.11 Å². The van der Waals surface area contributed by atoms with E-state index in [1.807, 2.05) is 48.5 Å². The summed E-state index contributed by atoms with van der Waals surface area (Å²) in [6, 6.07) is 15.5. The lowest BCUT2D eigenvalue weighted by molar-refractivity contribution is 0.409. The van der Waals surface area contributed by atoms with Crippen molar-refractivity contribution in [2.75, 3.05) is 7.11 Å². The molecule has 0 amide bonds. The highest BCUT2D eigenvalue weighted by atomic mass is 79.9. The fraction of sp³-hybridized carbons (Fsp3) is 0.143. The molecule has 2 aromatic carbocycles. The molecule has 3 heteroatoms. The van der Waals surface area contributed by atoms with Gasteiger partial charge in [-0.2, -0.15) is 0 Å². The van der Waals surface area contributed by atoms with Crippen molar-refractivity contribution in [1.82, 2.24) is 0 Å². The molecule has 2 aromatic rings. The van der Waals surface area contributed by atoms with E-state index >= 15 is 0 Å². The molecule has 0 heterocycles. The summed E-state index contributed by atoms with van der Waals surface area (Å²) in [5, 5.41) is 0.854. The zero-order valence-corrected chi connectivity index (χ0v) is 11.1. The fourth-order valence-corrected chi connectivity index (χ4v) is 1.82. The van der Waals surface area contributed by atoms with Gasteiger partial charge in [-0.05, 0) is 29.8 Å². The van der Waals surface area contributed by atoms with Crippen LogP contribution in [0.2, 0.25) is 0 Å². The van der Waals surface area contributed by atoms with Crippen molar-refractivity contribution in [2.45, 2.75) is 5.33 Å². The van der Waals surface area contributed by atoms with E-state index in [-0.39, 0.29) is 0 Å². The summed E-state index contributed by atoms with van der Waals surface area (Å²) in [7, 11) is 1.64. The van der Waals surface area contributed by atoms with Gasteiger partial charge < -0.3 is 9.47 Å². The van der Waals surface area contributed by atoms with Crippen molar-refractivity contribution in [3.63, 3.8) is 0 Å². The molecule has 0 radical (unpaired) electrons. The number of methoxy groups -OCH3 is 1. The van der Waals surface area contributed by atoms with E-state index in [4.69, 9.17) is 9.47 Å². The van der Waals surface area contributed by atoms with Gasteiger partial charge in [-0.15, -0.1) is 0 Å². The summed E-state index contributed by atoms with van der Waals surface area (Å²) in [6.07, 6.45) is 0. The molecule has 0 saturated heterocycles. The minimum absolute atomic E-state index is 0.774. The van der Waals surface area contributed by atoms with E-state index in [1.54, 1.807) is 7.11 Å². The van der Waals surface area contributed by atoms with Crippen LogP contribution in [-0.4, -0.2) is 7.11 Å². The zero-order chi connectivity index (χ0) is 12.1. The number of alkyl halides is 1. The van der Waals surface area contributed by atoms with Gasteiger partial charge in [-0.25, -0.2) is 0 Å². The molecule has 0 spiro atoms. The van der Waals surface area contributed by atoms with E-state index in [0.29, 0.717) is 0 Å². The second-order valence-corrected chi connectivity index (χ2v) is 4.12. The Labute approximate surface area is 109 Å². The zero-order valence-electron chi connectivity index (χ0n) is 9.52. The van der Waals surface area contributed by atoms with Crippen LogP contribution in [0.5, 0.6) is 17.2 Å². The van der Waals surface area contributed by atoms with Crippen LogP contribution >= 0.6 is 15.9 Å². The molecule has 88 valence electrons. The highest BCUT2D eigenvalue weighted by Crippen LogP contribution is 2.25. The average molecular weight is 293 g/mol. The molecule has 0 unspecified atom stereocenters. The lowest BCUT2D eigenvalue weighted by atomic mass is 10.2. The third-order valence-electron chi connectivity index (χ3n) is 2.35. The second kappa shape index (κ2) is 5.73. The van der Waals surface area contributed by atoms with Crippen LogP contribution in [-0.2, 0) is 5.33 Å². The Hall–Kier alpha value is -1.48. The van der Waals surface area contributed by atoms with Gasteiger partial charge in [0, 0.05) is 11.4 Å². The largest absolute Gasteiger partial charge is 0.497 e. The highest BCUT2D eigenvalue weighted by molar-refractivity contribution is 9.08. The number of hydrogen-bond acceptors (Lipinski definition) is 2. The van der Waals surface area contributed by atoms with Crippen LogP contribution in [0.1, 0.15) is 5.56 Å². The van der Waals surface area contributed by atoms with Gasteiger partial charge in [-0.1, -0.05) is 34.1 Å². The molecule has 0 aliphatic carbocycles. The maximum Gasteiger partial charge on any atom is 0.131 e. The van der Waals surface area contributed by atoms with E-state index in [1.165, 1.54) is 5.56 Å². The molecule has 0 N–H and O–H groups in total. The lowest BCUT2D eigenvalue weighted by Crippen LogP contribution is -1.87. The first-order valence-corrected chi connectivity index (χ1v) is 6.41. The Bertz CT molecular complexity index is 480. The monoisotopic (exact) mass is 292 g/mol. The standard InChI is InChI=1S/C14H13BrO2/c1-16-13-3-2-4-14(9-13)17-12-7-5-11(10-15)6-8-12/h2-9H,10H2,1H3. The van der Waals surface area contributed by atoms with Crippen molar-refractivity contribution < 1.29 is 9.47 Å². The average Bonchev–Trinajstić information content (AvgIpc) is 2.40. The molecule has 17 heavy (non-hydrogen) atoms. The van der Waals surface area contributed by atoms with Crippen molar-refractivity contribution in [3.05, 3.63) is 54.1 Å². The predicted molar refractivity (Wildman–Crippen MR) is 72.1 cm³/mol. The van der Waals surface area contributed by atoms with Crippen LogP contribution in [0.15, 0.2) is 48.5 Å². The minimum atomic E-state index is 0.774. The Kier molecular flexibility index (Phi) is 4.04. The van der Waals surface area contributed by atoms with E-state index < -0.39 is 0 Å². The molecular weight excluding hydrogens is 280 g/mol. The third kappa shape index (κ3) is 3.24. The van der Waals surface area contributed by atoms with E-state index in [9.17, 15) is 0 Å². The molecule has 0 fully saturated rings. The highest BCUT2D eigenvalue weighted by Gasteiger charge is 1.99. The fourth-order valence-electron chi connectivity index (χ4n) is 1.45. The molecule has 2 rings (SSSR count). The summed E-state index contributed by atoms with van der Waals surface area (Å²) in [4.78, 5) is 0. The summed E-state index contributed by atoms with van der Waals surface area (Å²) < 4.78 is 10.9. The summed E-state index contributed by atoms with van der Waals surface area (Å²) in [5.74, 6) is 2.39. The van der Waals surface area contributed by atoms with Gasteiger partial charge in [0.15, 0.2) is 0 Å². The van der Waals surface area contributed by atoms with Crippen molar-refractivity contribution in [2.24, 2.45) is 0 Å². The number of rotatable bonds is 4. The van der Waals surface area contributed by atoms with Crippen molar-refractivity contribution >= 4 is 15.9 Å². The van der Waals surface area contributed by atoms with Gasteiger partial charge >= 0.3 is 0 Å². The van der Waals surface area contributed by atoms with Crippen LogP contribution in [0, 0.1) is 0 Å². The maximum absolute atomic E-state index is 5.73. The second-order valence-electron chi connectivity index (χ2n) is 3.56. The Morgan fingerprint density at radius 2 is 1.65 bits per heavy atom. The first kappa shape index (κ1) is 12.0. The number of halogens is 1. The van der Waals surface area contributed by atoms with Crippen LogP contribution in [0.3, 0.4) is 0 Å². The number of hydrogen-bond donors (Lipinski definition) is 0. The van der Waals surface area contributed by atoms with Crippen LogP contribution in [0.25, 0.3) is 0 Å². The minimum Gasteiger partial charge on any atom is -0.497 e. The predicted octanol–water partition coefficient (Wildman–Crippen LogP) is 4.38. The molecule has 0 aromatic heterocycles. The van der Waals surface area contributed by atoms with Crippen molar-refractivity contribution in [3.8, 4) is 17.2 Å². The van der Waals surface area contributed by atoms with Gasteiger partial charge in [0.25, 0.3) is 0 Å². The Morgan fingerprint density at radius 3 is 2.29 bits per heavy atom. The molecule has 2 nitrogen and oxygen atoms in total. The first-order chi connectivity index (χ1) is 8.31.